The van der Waals surface area contributed by atoms with E-state index in [-0.39, 0.29) is 29.5 Å². The predicted octanol–water partition coefficient (Wildman–Crippen LogP) is 4.40. The average Bonchev–Trinajstić information content (AvgIpc) is 3.48. The Kier molecular flexibility index (Phi) is 9.17. The second kappa shape index (κ2) is 12.8. The number of alkyl halides is 3. The van der Waals surface area contributed by atoms with Crippen LogP contribution in [0.3, 0.4) is 0 Å². The molecule has 0 aliphatic carbocycles. The quantitative estimate of drug-likeness (QED) is 0.384. The van der Waals surface area contributed by atoms with Gasteiger partial charge in [0.1, 0.15) is 5.82 Å². The number of carbonyl (C=O) groups is 1. The molecular weight excluding hydrogens is 594 g/mol. The number of carbonyl (C=O) groups excluding carboxylic acids is 1. The van der Waals surface area contributed by atoms with Gasteiger partial charge in [0.15, 0.2) is 0 Å². The van der Waals surface area contributed by atoms with E-state index < -0.39 is 34.6 Å². The molecule has 4 heterocycles. The Morgan fingerprint density at radius 1 is 1.09 bits per heavy atom. The summed E-state index contributed by atoms with van der Waals surface area (Å²) in [4.78, 5) is 40.4. The van der Waals surface area contributed by atoms with Gasteiger partial charge in [-0.2, -0.15) is 13.2 Å². The van der Waals surface area contributed by atoms with Crippen molar-refractivity contribution in [1.82, 2.24) is 19.4 Å². The van der Waals surface area contributed by atoms with Gasteiger partial charge in [-0.3, -0.25) is 9.59 Å². The number of amides is 1. The van der Waals surface area contributed by atoms with E-state index in [1.807, 2.05) is 37.6 Å². The van der Waals surface area contributed by atoms with Crippen LogP contribution in [0.1, 0.15) is 43.1 Å². The van der Waals surface area contributed by atoms with Crippen molar-refractivity contribution in [1.29, 1.82) is 0 Å². The molecule has 1 aromatic carbocycles. The van der Waals surface area contributed by atoms with Crippen LogP contribution in [0, 0.1) is 5.82 Å². The molecule has 2 aliphatic heterocycles. The van der Waals surface area contributed by atoms with Gasteiger partial charge in [-0.05, 0) is 46.0 Å². The maximum Gasteiger partial charge on any atom is 0.417 e. The Morgan fingerprint density at radius 2 is 1.76 bits per heavy atom. The first-order valence-corrected chi connectivity index (χ1v) is 14.9. The zero-order valence-corrected chi connectivity index (χ0v) is 25.9. The van der Waals surface area contributed by atoms with Crippen molar-refractivity contribution in [2.24, 2.45) is 7.05 Å². The van der Waals surface area contributed by atoms with Crippen LogP contribution in [0.2, 0.25) is 0 Å². The highest BCUT2D eigenvalue weighted by atomic mass is 19.4. The molecule has 2 aromatic heterocycles. The summed E-state index contributed by atoms with van der Waals surface area (Å²) >= 11 is 0. The van der Waals surface area contributed by atoms with Gasteiger partial charge < -0.3 is 29.3 Å². The smallest absolute Gasteiger partial charge is 0.372 e. The largest absolute Gasteiger partial charge is 0.417 e. The molecule has 0 bridgehead atoms. The summed E-state index contributed by atoms with van der Waals surface area (Å²) in [5.41, 5.74) is -2.13. The Labute approximate surface area is 258 Å². The molecule has 2 saturated heterocycles. The minimum atomic E-state index is -4.95. The van der Waals surface area contributed by atoms with E-state index in [2.05, 4.69) is 20.2 Å². The molecule has 2 aliphatic rings. The van der Waals surface area contributed by atoms with E-state index in [1.165, 1.54) is 31.6 Å². The first-order valence-electron chi connectivity index (χ1n) is 14.9. The van der Waals surface area contributed by atoms with Crippen LogP contribution < -0.4 is 20.7 Å². The zero-order chi connectivity index (χ0) is 32.6. The number of morpholine rings is 1. The minimum absolute atomic E-state index is 0.0135. The molecule has 242 valence electrons. The lowest BCUT2D eigenvalue weighted by Crippen LogP contribution is -2.46. The van der Waals surface area contributed by atoms with Gasteiger partial charge in [0.2, 0.25) is 5.95 Å². The third kappa shape index (κ3) is 6.96. The van der Waals surface area contributed by atoms with Crippen LogP contribution in [-0.2, 0) is 18.0 Å². The van der Waals surface area contributed by atoms with Crippen molar-refractivity contribution in [3.8, 4) is 11.1 Å². The van der Waals surface area contributed by atoms with Gasteiger partial charge in [0.25, 0.3) is 11.5 Å². The van der Waals surface area contributed by atoms with Crippen molar-refractivity contribution >= 4 is 23.2 Å². The number of nitrogens with one attached hydrogen (secondary N) is 1. The number of rotatable bonds is 7. The van der Waals surface area contributed by atoms with Crippen LogP contribution in [0.25, 0.3) is 11.1 Å². The average molecular weight is 632 g/mol. The number of ether oxygens (including phenoxy) is 1. The summed E-state index contributed by atoms with van der Waals surface area (Å²) < 4.78 is 64.1. The lowest BCUT2D eigenvalue weighted by molar-refractivity contribution is -0.138. The van der Waals surface area contributed by atoms with Gasteiger partial charge in [-0.25, -0.2) is 14.4 Å². The second-order valence-electron chi connectivity index (χ2n) is 11.7. The molecule has 5 rings (SSSR count). The molecule has 1 amide bonds. The highest BCUT2D eigenvalue weighted by Crippen LogP contribution is 2.37. The summed E-state index contributed by atoms with van der Waals surface area (Å²) in [6.07, 6.45) is -0.373. The van der Waals surface area contributed by atoms with Gasteiger partial charge >= 0.3 is 6.18 Å². The number of hydrogen-bond acceptors (Lipinski definition) is 8. The number of pyridine rings is 1. The molecule has 3 atom stereocenters. The van der Waals surface area contributed by atoms with Crippen LogP contribution in [0.5, 0.6) is 0 Å². The number of likely N-dealkylation sites (N-methyl/N-ethyl adjacent to an activating group) is 1. The lowest BCUT2D eigenvalue weighted by atomic mass is 10.0. The van der Waals surface area contributed by atoms with E-state index in [0.29, 0.717) is 49.4 Å². The van der Waals surface area contributed by atoms with E-state index in [9.17, 15) is 22.8 Å². The fourth-order valence-corrected chi connectivity index (χ4v) is 5.92. The first-order chi connectivity index (χ1) is 21.2. The van der Waals surface area contributed by atoms with Crippen LogP contribution in [0.15, 0.2) is 41.6 Å². The highest BCUT2D eigenvalue weighted by molar-refractivity contribution is 6.07. The maximum atomic E-state index is 15.8. The summed E-state index contributed by atoms with van der Waals surface area (Å²) in [5, 5.41) is 2.59. The van der Waals surface area contributed by atoms with Crippen molar-refractivity contribution in [3.05, 3.63) is 64.1 Å². The fourth-order valence-electron chi connectivity index (χ4n) is 5.92. The van der Waals surface area contributed by atoms with Crippen LogP contribution >= 0.6 is 0 Å². The van der Waals surface area contributed by atoms with Gasteiger partial charge in [-0.1, -0.05) is 6.92 Å². The molecule has 3 aromatic rings. The van der Waals surface area contributed by atoms with Crippen molar-refractivity contribution in [3.63, 3.8) is 0 Å². The molecule has 1 N–H and O–H groups in total. The SMILES string of the molecule is CCN(C)[C@@H]1CCN(c2cc(F)c(-c3cnc(N4C[C@@H](C)O[C@@H](C)C4)nc3)cc2NC(=O)c2cn(C)c(=O)cc2C(F)(F)F)C1. The molecule has 0 unspecified atom stereocenters. The third-order valence-electron chi connectivity index (χ3n) is 8.39. The normalized spacial score (nSPS) is 20.6. The summed E-state index contributed by atoms with van der Waals surface area (Å²) in [6.45, 7) is 9.03. The highest BCUT2D eigenvalue weighted by Gasteiger charge is 2.37. The monoisotopic (exact) mass is 631 g/mol. The summed E-state index contributed by atoms with van der Waals surface area (Å²) in [6, 6.07) is 3.25. The molecule has 0 saturated carbocycles. The summed E-state index contributed by atoms with van der Waals surface area (Å²) in [7, 11) is 3.25. The molecule has 0 spiro atoms. The molecule has 45 heavy (non-hydrogen) atoms. The molecular formula is C31H37F4N7O3. The van der Waals surface area contributed by atoms with Crippen molar-refractivity contribution in [2.45, 2.75) is 51.6 Å². The Balaban J connectivity index is 1.53. The summed E-state index contributed by atoms with van der Waals surface area (Å²) in [5.74, 6) is -1.22. The topological polar surface area (TPSA) is 95.8 Å². The predicted molar refractivity (Wildman–Crippen MR) is 163 cm³/mol. The van der Waals surface area contributed by atoms with E-state index in [4.69, 9.17) is 4.74 Å². The molecule has 14 heteroatoms. The van der Waals surface area contributed by atoms with Gasteiger partial charge in [0.05, 0.1) is 34.7 Å². The minimum Gasteiger partial charge on any atom is -0.372 e. The van der Waals surface area contributed by atoms with Gasteiger partial charge in [0, 0.05) is 75.1 Å². The van der Waals surface area contributed by atoms with Crippen molar-refractivity contribution in [2.75, 3.05) is 54.9 Å². The van der Waals surface area contributed by atoms with Crippen molar-refractivity contribution < 1.29 is 27.1 Å². The van der Waals surface area contributed by atoms with E-state index >= 15 is 4.39 Å². The Bertz CT molecular complexity index is 1600. The number of aryl methyl sites for hydroxylation is 1. The number of aromatic nitrogens is 3. The molecule has 10 nitrogen and oxygen atoms in total. The number of anilines is 3. The van der Waals surface area contributed by atoms with Crippen LogP contribution in [-0.4, -0.2) is 83.4 Å². The second-order valence-corrected chi connectivity index (χ2v) is 11.7. The standard InChI is InChI=1S/C31H37F4N7O3/c1-6-39(4)21-7-8-41(16-21)27-11-25(32)22(20-12-36-30(37-13-20)42-14-18(2)45-19(3)15-42)9-26(27)38-29(44)23-17-40(5)28(43)10-24(23)31(33,34)35/h9-13,17-19,21H,6-8,14-16H2,1-5H3,(H,38,44)/t18-,19+,21-/m1/s1. The Hall–Kier alpha value is -4.04. The fraction of sp³-hybridized carbons (Fsp3) is 0.484. The molecule has 0 radical (unpaired) electrons. The zero-order valence-electron chi connectivity index (χ0n) is 25.9. The number of hydrogen-bond donors (Lipinski definition) is 1. The molecule has 2 fully saturated rings. The maximum absolute atomic E-state index is 15.8. The third-order valence-corrected chi connectivity index (χ3v) is 8.39. The number of benzene rings is 1. The Morgan fingerprint density at radius 3 is 2.38 bits per heavy atom. The van der Waals surface area contributed by atoms with E-state index in [1.54, 1.807) is 0 Å². The number of halogens is 4. The van der Waals surface area contributed by atoms with E-state index in [0.717, 1.165) is 23.7 Å². The van der Waals surface area contributed by atoms with Crippen LogP contribution in [0.4, 0.5) is 34.9 Å². The van der Waals surface area contributed by atoms with Gasteiger partial charge in [-0.15, -0.1) is 0 Å². The number of nitrogens with zero attached hydrogens (tertiary/aromatic N) is 6. The first kappa shape index (κ1) is 32.4. The lowest BCUT2D eigenvalue weighted by Gasteiger charge is -2.35.